The molecule has 0 atom stereocenters. The number of nitrogens with two attached hydrogens (primary N) is 1. The third kappa shape index (κ3) is 3.09. The van der Waals surface area contributed by atoms with E-state index < -0.39 is 11.2 Å². The van der Waals surface area contributed by atoms with Crippen LogP contribution in [0, 0.1) is 16.7 Å². The fourth-order valence-corrected chi connectivity index (χ4v) is 4.03. The number of nitrogens with zero attached hydrogens (tertiary/aromatic N) is 3. The summed E-state index contributed by atoms with van der Waals surface area (Å²) in [6.07, 6.45) is 8.70. The van der Waals surface area contributed by atoms with Gasteiger partial charge in [0, 0.05) is 13.1 Å². The van der Waals surface area contributed by atoms with Crippen molar-refractivity contribution in [3.63, 3.8) is 0 Å². The van der Waals surface area contributed by atoms with Gasteiger partial charge in [0.2, 0.25) is 5.69 Å². The third-order valence-electron chi connectivity index (χ3n) is 5.37. The monoisotopic (exact) mass is 320 g/mol. The second-order valence-electron chi connectivity index (χ2n) is 6.94. The zero-order chi connectivity index (χ0) is 16.4. The van der Waals surface area contributed by atoms with E-state index in [2.05, 4.69) is 5.18 Å². The van der Waals surface area contributed by atoms with Crippen LogP contribution in [0.25, 0.3) is 0 Å². The Morgan fingerprint density at radius 2 is 1.39 bits per heavy atom. The zero-order valence-corrected chi connectivity index (χ0v) is 13.4. The van der Waals surface area contributed by atoms with Gasteiger partial charge in [0.25, 0.3) is 5.56 Å². The molecule has 23 heavy (non-hydrogen) atoms. The molecule has 2 aliphatic rings. The molecule has 2 aliphatic carbocycles. The normalized spacial score (nSPS) is 19.5. The lowest BCUT2D eigenvalue weighted by atomic mass is 10.1. The summed E-state index contributed by atoms with van der Waals surface area (Å²) in [6.45, 7) is 0.837. The Morgan fingerprint density at radius 3 is 1.87 bits per heavy atom. The number of aromatic nitrogens is 2. The van der Waals surface area contributed by atoms with E-state index in [1.54, 1.807) is 0 Å². The summed E-state index contributed by atoms with van der Waals surface area (Å²) in [4.78, 5) is 36.2. The molecule has 0 saturated heterocycles. The number of hydrogen-bond acceptors (Lipinski definition) is 5. The molecule has 2 fully saturated rings. The highest BCUT2D eigenvalue weighted by molar-refractivity contribution is 5.55. The Balaban J connectivity index is 2.01. The van der Waals surface area contributed by atoms with Crippen LogP contribution in [-0.2, 0) is 13.1 Å². The van der Waals surface area contributed by atoms with Crippen molar-refractivity contribution >= 4 is 11.5 Å². The molecule has 0 radical (unpaired) electrons. The standard InChI is InChI=1S/C16H24N4O3/c17-14-13(18-23)15(21)20(10-12-7-3-4-8-12)16(22)19(14)9-11-5-1-2-6-11/h11-12H,1-10,17H2. The van der Waals surface area contributed by atoms with Gasteiger partial charge in [0.15, 0.2) is 0 Å². The summed E-state index contributed by atoms with van der Waals surface area (Å²) < 4.78 is 2.57. The molecule has 0 aromatic carbocycles. The highest BCUT2D eigenvalue weighted by atomic mass is 16.3. The van der Waals surface area contributed by atoms with Crippen molar-refractivity contribution < 1.29 is 0 Å². The summed E-state index contributed by atoms with van der Waals surface area (Å²) in [5.41, 5.74) is 4.56. The van der Waals surface area contributed by atoms with Crippen LogP contribution in [-0.4, -0.2) is 9.13 Å². The molecule has 2 saturated carbocycles. The minimum absolute atomic E-state index is 0.0791. The summed E-state index contributed by atoms with van der Waals surface area (Å²) in [7, 11) is 0. The van der Waals surface area contributed by atoms with Crippen molar-refractivity contribution in [3.8, 4) is 0 Å². The van der Waals surface area contributed by atoms with E-state index in [0.717, 1.165) is 51.4 Å². The Kier molecular flexibility index (Phi) is 4.63. The molecule has 1 aromatic heterocycles. The van der Waals surface area contributed by atoms with Crippen LogP contribution in [0.5, 0.6) is 0 Å². The van der Waals surface area contributed by atoms with E-state index in [1.807, 2.05) is 0 Å². The molecule has 1 heterocycles. The quantitative estimate of drug-likeness (QED) is 0.842. The van der Waals surface area contributed by atoms with Gasteiger partial charge in [-0.2, -0.15) is 0 Å². The lowest BCUT2D eigenvalue weighted by Crippen LogP contribution is -2.42. The second-order valence-corrected chi connectivity index (χ2v) is 6.94. The predicted molar refractivity (Wildman–Crippen MR) is 88.7 cm³/mol. The van der Waals surface area contributed by atoms with Crippen LogP contribution < -0.4 is 17.0 Å². The van der Waals surface area contributed by atoms with Crippen LogP contribution >= 0.6 is 0 Å². The van der Waals surface area contributed by atoms with Crippen LogP contribution in [0.4, 0.5) is 11.5 Å². The average molecular weight is 320 g/mol. The minimum atomic E-state index is -0.642. The molecular weight excluding hydrogens is 296 g/mol. The highest BCUT2D eigenvalue weighted by Crippen LogP contribution is 2.28. The van der Waals surface area contributed by atoms with E-state index in [4.69, 9.17) is 5.73 Å². The van der Waals surface area contributed by atoms with Gasteiger partial charge >= 0.3 is 5.69 Å². The third-order valence-corrected chi connectivity index (χ3v) is 5.37. The molecule has 0 aliphatic heterocycles. The fraction of sp³-hybridized carbons (Fsp3) is 0.750. The number of anilines is 1. The zero-order valence-electron chi connectivity index (χ0n) is 13.4. The van der Waals surface area contributed by atoms with Crippen molar-refractivity contribution in [1.29, 1.82) is 0 Å². The Hall–Kier alpha value is -1.92. The Bertz CT molecular complexity index is 695. The molecular formula is C16H24N4O3. The first kappa shape index (κ1) is 16.0. The van der Waals surface area contributed by atoms with E-state index in [0.29, 0.717) is 24.9 Å². The van der Waals surface area contributed by atoms with Gasteiger partial charge in [0.1, 0.15) is 5.82 Å². The van der Waals surface area contributed by atoms with Gasteiger partial charge in [0.05, 0.1) is 0 Å². The fourth-order valence-electron chi connectivity index (χ4n) is 4.03. The molecule has 7 nitrogen and oxygen atoms in total. The van der Waals surface area contributed by atoms with Gasteiger partial charge in [-0.25, -0.2) is 4.79 Å². The summed E-state index contributed by atoms with van der Waals surface area (Å²) >= 11 is 0. The topological polar surface area (TPSA) is 99.4 Å². The molecule has 7 heteroatoms. The predicted octanol–water partition coefficient (Wildman–Crippen LogP) is 2.37. The Morgan fingerprint density at radius 1 is 0.913 bits per heavy atom. The van der Waals surface area contributed by atoms with Crippen LogP contribution in [0.2, 0.25) is 0 Å². The summed E-state index contributed by atoms with van der Waals surface area (Å²) in [6, 6.07) is 0. The van der Waals surface area contributed by atoms with Crippen molar-refractivity contribution in [2.45, 2.75) is 64.5 Å². The van der Waals surface area contributed by atoms with E-state index in [1.165, 1.54) is 9.13 Å². The van der Waals surface area contributed by atoms with E-state index in [9.17, 15) is 14.5 Å². The molecule has 126 valence electrons. The number of nitrogen functional groups attached to an aromatic ring is 1. The molecule has 3 rings (SSSR count). The van der Waals surface area contributed by atoms with Crippen molar-refractivity contribution in [1.82, 2.24) is 9.13 Å². The molecule has 0 bridgehead atoms. The SMILES string of the molecule is Nc1c(N=O)c(=O)n(CC2CCCC2)c(=O)n1CC1CCCC1. The summed E-state index contributed by atoms with van der Waals surface area (Å²) in [5, 5.41) is 2.81. The number of nitroso groups, excluding NO2 is 1. The first-order valence-corrected chi connectivity index (χ1v) is 8.58. The Labute approximate surface area is 134 Å². The first-order valence-electron chi connectivity index (χ1n) is 8.58. The van der Waals surface area contributed by atoms with Crippen molar-refractivity contribution in [2.75, 3.05) is 5.73 Å². The van der Waals surface area contributed by atoms with Gasteiger partial charge in [-0.1, -0.05) is 25.7 Å². The molecule has 2 N–H and O–H groups in total. The first-order chi connectivity index (χ1) is 11.1. The molecule has 1 aromatic rings. The maximum Gasteiger partial charge on any atom is 0.332 e. The van der Waals surface area contributed by atoms with Crippen molar-refractivity contribution in [3.05, 3.63) is 25.7 Å². The van der Waals surface area contributed by atoms with Gasteiger partial charge in [-0.05, 0) is 42.7 Å². The summed E-state index contributed by atoms with van der Waals surface area (Å²) in [5.74, 6) is 0.625. The second kappa shape index (κ2) is 6.68. The molecule has 0 unspecified atom stereocenters. The van der Waals surface area contributed by atoms with E-state index in [-0.39, 0.29) is 11.5 Å². The number of rotatable bonds is 5. The van der Waals surface area contributed by atoms with Gasteiger partial charge < -0.3 is 5.73 Å². The average Bonchev–Trinajstić information content (AvgIpc) is 3.22. The van der Waals surface area contributed by atoms with Crippen LogP contribution in [0.15, 0.2) is 14.8 Å². The lowest BCUT2D eigenvalue weighted by Gasteiger charge is -2.18. The van der Waals surface area contributed by atoms with Gasteiger partial charge in [-0.3, -0.25) is 13.9 Å². The molecule has 0 amide bonds. The smallest absolute Gasteiger partial charge is 0.332 e. The van der Waals surface area contributed by atoms with E-state index >= 15 is 0 Å². The van der Waals surface area contributed by atoms with Crippen LogP contribution in [0.1, 0.15) is 51.4 Å². The lowest BCUT2D eigenvalue weighted by molar-refractivity contribution is 0.400. The maximum atomic E-state index is 12.8. The van der Waals surface area contributed by atoms with Crippen LogP contribution in [0.3, 0.4) is 0 Å². The molecule has 0 spiro atoms. The van der Waals surface area contributed by atoms with Crippen molar-refractivity contribution in [2.24, 2.45) is 17.0 Å². The number of hydrogen-bond donors (Lipinski definition) is 1. The highest BCUT2D eigenvalue weighted by Gasteiger charge is 2.24. The minimum Gasteiger partial charge on any atom is -0.383 e. The van der Waals surface area contributed by atoms with Gasteiger partial charge in [-0.15, -0.1) is 4.91 Å². The largest absolute Gasteiger partial charge is 0.383 e. The maximum absolute atomic E-state index is 12.8.